The quantitative estimate of drug-likeness (QED) is 0.245. The van der Waals surface area contributed by atoms with Crippen LogP contribution in [0.5, 0.6) is 11.5 Å². The third-order valence-corrected chi connectivity index (χ3v) is 10.7. The van der Waals surface area contributed by atoms with Crippen molar-refractivity contribution in [1.29, 1.82) is 0 Å². The summed E-state index contributed by atoms with van der Waals surface area (Å²) in [7, 11) is -0.154. The van der Waals surface area contributed by atoms with Gasteiger partial charge in [0.25, 0.3) is 0 Å². The van der Waals surface area contributed by atoms with E-state index in [4.69, 9.17) is 9.47 Å². The second-order valence-electron chi connectivity index (χ2n) is 11.7. The minimum absolute atomic E-state index is 0.154. The Morgan fingerprint density at radius 1 is 0.700 bits per heavy atom. The summed E-state index contributed by atoms with van der Waals surface area (Å²) in [6, 6.07) is 27.7. The number of rotatable bonds is 10. The zero-order valence-corrected chi connectivity index (χ0v) is 24.7. The minimum Gasteiger partial charge on any atom is -0.550 e. The summed E-state index contributed by atoms with van der Waals surface area (Å²) in [5.74, 6) is 3.24. The van der Waals surface area contributed by atoms with Crippen molar-refractivity contribution in [1.82, 2.24) is 0 Å². The molecule has 40 heavy (non-hydrogen) atoms. The summed E-state index contributed by atoms with van der Waals surface area (Å²) in [6.45, 7) is 5.75. The van der Waals surface area contributed by atoms with E-state index in [1.165, 1.54) is 33.9 Å². The number of benzene rings is 3. The number of hydrogen-bond acceptors (Lipinski definition) is 4. The smallest absolute Gasteiger partial charge is 0.166 e. The zero-order valence-electron chi connectivity index (χ0n) is 23.8. The van der Waals surface area contributed by atoms with Gasteiger partial charge in [0.1, 0.15) is 11.5 Å². The molecule has 0 unspecified atom stereocenters. The Hall–Kier alpha value is -2.92. The molecule has 4 fully saturated rings. The maximum absolute atomic E-state index is 11.1. The van der Waals surface area contributed by atoms with Crippen LogP contribution < -0.4 is 14.6 Å². The summed E-state index contributed by atoms with van der Waals surface area (Å²) in [5, 5.41) is 11.1. The van der Waals surface area contributed by atoms with Crippen molar-refractivity contribution in [3.63, 3.8) is 0 Å². The van der Waals surface area contributed by atoms with E-state index in [1.807, 2.05) is 0 Å². The number of carbonyl (C=O) groups is 1. The molecule has 4 nitrogen and oxygen atoms in total. The number of hydrogen-bond donors (Lipinski definition) is 0. The van der Waals surface area contributed by atoms with Gasteiger partial charge in [0.15, 0.2) is 14.7 Å². The Bertz CT molecular complexity index is 1140. The lowest BCUT2D eigenvalue weighted by molar-refractivity contribution is -0.327. The van der Waals surface area contributed by atoms with Gasteiger partial charge in [0, 0.05) is 11.4 Å². The van der Waals surface area contributed by atoms with Crippen LogP contribution in [-0.2, 0) is 15.7 Å². The SMILES string of the molecule is CCCOc1ccc([S+](c2ccccc2)c2ccc(OCCC)cc2)cc1.O=C([O-])C12CC3CC(CC(C3)C1)C2. The van der Waals surface area contributed by atoms with Gasteiger partial charge >= 0.3 is 0 Å². The van der Waals surface area contributed by atoms with Crippen LogP contribution in [0.25, 0.3) is 0 Å². The number of aliphatic carboxylic acids is 1. The average Bonchev–Trinajstić information content (AvgIpc) is 2.97. The van der Waals surface area contributed by atoms with Gasteiger partial charge in [0.05, 0.1) is 24.1 Å². The van der Waals surface area contributed by atoms with Crippen molar-refractivity contribution >= 4 is 16.9 Å². The van der Waals surface area contributed by atoms with Crippen LogP contribution in [0.3, 0.4) is 0 Å². The first-order chi connectivity index (χ1) is 19.5. The Morgan fingerprint density at radius 2 is 1.10 bits per heavy atom. The second kappa shape index (κ2) is 13.2. The molecule has 3 aromatic carbocycles. The summed E-state index contributed by atoms with van der Waals surface area (Å²) < 4.78 is 11.5. The van der Waals surface area contributed by atoms with Gasteiger partial charge in [-0.1, -0.05) is 32.0 Å². The number of ether oxygens (including phenoxy) is 2. The highest BCUT2D eigenvalue weighted by atomic mass is 32.2. The van der Waals surface area contributed by atoms with Crippen LogP contribution in [0.1, 0.15) is 65.2 Å². The van der Waals surface area contributed by atoms with E-state index >= 15 is 0 Å². The first-order valence-corrected chi connectivity index (χ1v) is 16.2. The van der Waals surface area contributed by atoms with E-state index in [1.54, 1.807) is 0 Å². The molecule has 0 atom stereocenters. The van der Waals surface area contributed by atoms with Crippen LogP contribution in [-0.4, -0.2) is 19.2 Å². The third kappa shape index (κ3) is 6.68. The predicted molar refractivity (Wildman–Crippen MR) is 159 cm³/mol. The molecule has 0 heterocycles. The van der Waals surface area contributed by atoms with Gasteiger partial charge in [-0.2, -0.15) is 0 Å². The molecule has 0 N–H and O–H groups in total. The van der Waals surface area contributed by atoms with Crippen LogP contribution in [0.4, 0.5) is 0 Å². The van der Waals surface area contributed by atoms with Crippen LogP contribution in [0, 0.1) is 23.2 Å². The zero-order chi connectivity index (χ0) is 28.0. The maximum atomic E-state index is 11.1. The van der Waals surface area contributed by atoms with E-state index in [0.717, 1.165) is 56.8 Å². The highest BCUT2D eigenvalue weighted by molar-refractivity contribution is 7.97. The van der Waals surface area contributed by atoms with Crippen molar-refractivity contribution in [3.8, 4) is 11.5 Å². The van der Waals surface area contributed by atoms with E-state index in [0.29, 0.717) is 17.8 Å². The highest BCUT2D eigenvalue weighted by Crippen LogP contribution is 2.59. The van der Waals surface area contributed by atoms with Crippen molar-refractivity contribution in [2.75, 3.05) is 13.2 Å². The molecular weight excluding hydrogens is 516 g/mol. The summed E-state index contributed by atoms with van der Waals surface area (Å²) in [4.78, 5) is 15.0. The fourth-order valence-electron chi connectivity index (χ4n) is 7.11. The number of carboxylic acids is 1. The van der Waals surface area contributed by atoms with Crippen molar-refractivity contribution < 1.29 is 19.4 Å². The normalized spacial score (nSPS) is 24.3. The largest absolute Gasteiger partial charge is 0.550 e. The summed E-state index contributed by atoms with van der Waals surface area (Å²) in [5.41, 5.74) is -0.394. The lowest BCUT2D eigenvalue weighted by atomic mass is 9.49. The van der Waals surface area contributed by atoms with E-state index in [-0.39, 0.29) is 10.9 Å². The van der Waals surface area contributed by atoms with E-state index < -0.39 is 11.4 Å². The maximum Gasteiger partial charge on any atom is 0.166 e. The predicted octanol–water partition coefficient (Wildman–Crippen LogP) is 7.31. The van der Waals surface area contributed by atoms with Gasteiger partial charge in [-0.15, -0.1) is 0 Å². The fraction of sp³-hybridized carbons (Fsp3) is 0.457. The molecule has 3 aromatic rings. The lowest BCUT2D eigenvalue weighted by Gasteiger charge is -2.57. The molecule has 4 bridgehead atoms. The van der Waals surface area contributed by atoms with Gasteiger partial charge in [0.2, 0.25) is 0 Å². The Morgan fingerprint density at radius 3 is 1.48 bits per heavy atom. The topological polar surface area (TPSA) is 58.6 Å². The molecule has 0 radical (unpaired) electrons. The summed E-state index contributed by atoms with van der Waals surface area (Å²) >= 11 is 0. The van der Waals surface area contributed by atoms with Crippen molar-refractivity contribution in [3.05, 3.63) is 78.9 Å². The molecule has 4 aliphatic carbocycles. The molecule has 4 saturated carbocycles. The van der Waals surface area contributed by atoms with Crippen LogP contribution >= 0.6 is 0 Å². The Labute approximate surface area is 242 Å². The number of carboxylic acid groups (broad SMARTS) is 1. The molecule has 212 valence electrons. The van der Waals surface area contributed by atoms with E-state index in [2.05, 4.69) is 92.7 Å². The molecule has 0 spiro atoms. The molecule has 0 aliphatic heterocycles. The van der Waals surface area contributed by atoms with E-state index in [9.17, 15) is 9.90 Å². The third-order valence-electron chi connectivity index (χ3n) is 8.51. The first kappa shape index (κ1) is 28.6. The molecule has 0 saturated heterocycles. The highest BCUT2D eigenvalue weighted by Gasteiger charge is 2.51. The van der Waals surface area contributed by atoms with Crippen LogP contribution in [0.15, 0.2) is 93.5 Å². The molecule has 0 aromatic heterocycles. The van der Waals surface area contributed by atoms with Gasteiger partial charge < -0.3 is 19.4 Å². The Balaban J connectivity index is 0.000000204. The monoisotopic (exact) mass is 558 g/mol. The fourth-order valence-corrected chi connectivity index (χ4v) is 9.17. The lowest BCUT2D eigenvalue weighted by Crippen LogP contribution is -2.54. The molecule has 7 rings (SSSR count). The Kier molecular flexibility index (Phi) is 9.41. The van der Waals surface area contributed by atoms with Crippen LogP contribution in [0.2, 0.25) is 0 Å². The van der Waals surface area contributed by atoms with Gasteiger partial charge in [-0.3, -0.25) is 0 Å². The van der Waals surface area contributed by atoms with Gasteiger partial charge in [-0.25, -0.2) is 0 Å². The molecular formula is C35H42O4S. The second-order valence-corrected chi connectivity index (χ2v) is 13.8. The molecule has 4 aliphatic rings. The molecule has 5 heteroatoms. The summed E-state index contributed by atoms with van der Waals surface area (Å²) in [6.07, 6.45) is 8.68. The standard InChI is InChI=1S/C24H27O2S.C11H16O2/c1-3-18-25-20-10-14-23(15-11-20)27(22-8-6-5-7-9-22)24-16-12-21(13-17-24)26-19-4-2;12-10(13)11-4-7-1-8(5-11)3-9(2-7)6-11/h5-17H,3-4,18-19H2,1-2H3;7-9H,1-6H2,(H,12,13)/q+1;/p-1. The van der Waals surface area contributed by atoms with Gasteiger partial charge in [-0.05, 0) is 130 Å². The molecule has 0 amide bonds. The first-order valence-electron chi connectivity index (χ1n) is 15.0. The minimum atomic E-state index is -0.758. The van der Waals surface area contributed by atoms with Crippen molar-refractivity contribution in [2.45, 2.75) is 79.9 Å². The number of carbonyl (C=O) groups excluding carboxylic acids is 1. The average molecular weight is 559 g/mol. The van der Waals surface area contributed by atoms with Crippen molar-refractivity contribution in [2.24, 2.45) is 23.2 Å².